The summed E-state index contributed by atoms with van der Waals surface area (Å²) >= 11 is 0. The van der Waals surface area contributed by atoms with Gasteiger partial charge >= 0.3 is 0 Å². The average Bonchev–Trinajstić information content (AvgIpc) is 2.80. The number of benzene rings is 2. The minimum atomic E-state index is 0.114. The van der Waals surface area contributed by atoms with Gasteiger partial charge < -0.3 is 10.8 Å². The smallest absolute Gasteiger partial charge is 0.156 e. The normalized spacial score (nSPS) is 10.9. The molecule has 0 fully saturated rings. The molecule has 0 radical (unpaired) electrons. The van der Waals surface area contributed by atoms with E-state index in [1.807, 2.05) is 19.9 Å². The molecule has 2 aromatic carbocycles. The van der Waals surface area contributed by atoms with Crippen molar-refractivity contribution in [1.29, 1.82) is 0 Å². The minimum absolute atomic E-state index is 0.114. The zero-order valence-corrected chi connectivity index (χ0v) is 12.8. The summed E-state index contributed by atoms with van der Waals surface area (Å²) in [6.07, 6.45) is 0. The molecule has 3 N–H and O–H groups in total. The summed E-state index contributed by atoms with van der Waals surface area (Å²) in [5, 5.41) is 18.3. The fourth-order valence-corrected chi connectivity index (χ4v) is 2.84. The Kier molecular flexibility index (Phi) is 3.33. The third-order valence-corrected chi connectivity index (χ3v) is 3.73. The summed E-state index contributed by atoms with van der Waals surface area (Å²) in [6.45, 7) is 6.13. The van der Waals surface area contributed by atoms with Gasteiger partial charge in [0.25, 0.3) is 0 Å². The SMILES string of the molecule is Cc1cc(C)c(-c2nnn(-c3ccccc3O)c2N)c(C)c1. The molecule has 5 nitrogen and oxygen atoms in total. The van der Waals surface area contributed by atoms with Crippen molar-refractivity contribution in [3.8, 4) is 22.7 Å². The highest BCUT2D eigenvalue weighted by Gasteiger charge is 2.18. The number of nitrogens with two attached hydrogens (primary N) is 1. The van der Waals surface area contributed by atoms with E-state index in [4.69, 9.17) is 5.73 Å². The van der Waals surface area contributed by atoms with Gasteiger partial charge in [0, 0.05) is 5.56 Å². The molecule has 1 heterocycles. The van der Waals surface area contributed by atoms with Crippen LogP contribution in [0.5, 0.6) is 5.75 Å². The molecular weight excluding hydrogens is 276 g/mol. The van der Waals surface area contributed by atoms with Crippen molar-refractivity contribution in [3.05, 3.63) is 53.1 Å². The topological polar surface area (TPSA) is 77.0 Å². The van der Waals surface area contributed by atoms with Gasteiger partial charge in [-0.05, 0) is 44.0 Å². The van der Waals surface area contributed by atoms with Crippen molar-refractivity contribution >= 4 is 5.82 Å². The molecule has 0 unspecified atom stereocenters. The van der Waals surface area contributed by atoms with Gasteiger partial charge in [-0.15, -0.1) is 5.10 Å². The third kappa shape index (κ3) is 2.20. The van der Waals surface area contributed by atoms with Crippen LogP contribution in [0.2, 0.25) is 0 Å². The van der Waals surface area contributed by atoms with Crippen molar-refractivity contribution in [3.63, 3.8) is 0 Å². The van der Waals surface area contributed by atoms with Gasteiger partial charge in [-0.1, -0.05) is 35.0 Å². The zero-order chi connectivity index (χ0) is 15.9. The molecule has 0 saturated carbocycles. The predicted molar refractivity (Wildman–Crippen MR) is 87.1 cm³/mol. The summed E-state index contributed by atoms with van der Waals surface area (Å²) < 4.78 is 1.46. The number of aryl methyl sites for hydroxylation is 3. The van der Waals surface area contributed by atoms with E-state index < -0.39 is 0 Å². The summed E-state index contributed by atoms with van der Waals surface area (Å²) in [5.41, 5.74) is 11.8. The minimum Gasteiger partial charge on any atom is -0.506 e. The standard InChI is InChI=1S/C17H18N4O/c1-10-8-11(2)15(12(3)9-10)16-17(18)21(20-19-16)13-6-4-5-7-14(13)22/h4-9,22H,18H2,1-3H3. The van der Waals surface area contributed by atoms with Gasteiger partial charge in [-0.3, -0.25) is 0 Å². The monoisotopic (exact) mass is 294 g/mol. The summed E-state index contributed by atoms with van der Waals surface area (Å²) in [5.74, 6) is 0.527. The molecule has 0 saturated heterocycles. The molecule has 0 aliphatic carbocycles. The Hall–Kier alpha value is -2.82. The highest BCUT2D eigenvalue weighted by atomic mass is 16.3. The van der Waals surface area contributed by atoms with Crippen LogP contribution >= 0.6 is 0 Å². The Balaban J connectivity index is 2.19. The van der Waals surface area contributed by atoms with Crippen molar-refractivity contribution in [2.24, 2.45) is 0 Å². The fraction of sp³-hybridized carbons (Fsp3) is 0.176. The van der Waals surface area contributed by atoms with E-state index in [2.05, 4.69) is 29.4 Å². The second-order valence-corrected chi connectivity index (χ2v) is 5.50. The van der Waals surface area contributed by atoms with Crippen LogP contribution in [-0.2, 0) is 0 Å². The lowest BCUT2D eigenvalue weighted by Gasteiger charge is -2.10. The van der Waals surface area contributed by atoms with Gasteiger partial charge in [0.15, 0.2) is 5.82 Å². The van der Waals surface area contributed by atoms with Crippen molar-refractivity contribution in [1.82, 2.24) is 15.0 Å². The number of aromatic hydroxyl groups is 1. The van der Waals surface area contributed by atoms with E-state index in [0.717, 1.165) is 16.7 Å². The van der Waals surface area contributed by atoms with Crippen LogP contribution < -0.4 is 5.73 Å². The van der Waals surface area contributed by atoms with Gasteiger partial charge in [0.2, 0.25) is 0 Å². The van der Waals surface area contributed by atoms with Crippen LogP contribution in [0.1, 0.15) is 16.7 Å². The first-order chi connectivity index (χ1) is 10.5. The summed E-state index contributed by atoms with van der Waals surface area (Å²) in [7, 11) is 0. The van der Waals surface area contributed by atoms with Crippen LogP contribution in [0.3, 0.4) is 0 Å². The maximum absolute atomic E-state index is 9.97. The number of aromatic nitrogens is 3. The Morgan fingerprint density at radius 2 is 1.68 bits per heavy atom. The number of anilines is 1. The van der Waals surface area contributed by atoms with E-state index in [1.54, 1.807) is 18.2 Å². The number of phenols is 1. The van der Waals surface area contributed by atoms with Crippen LogP contribution in [0.15, 0.2) is 36.4 Å². The average molecular weight is 294 g/mol. The maximum Gasteiger partial charge on any atom is 0.156 e. The molecule has 0 aliphatic heterocycles. The van der Waals surface area contributed by atoms with Gasteiger partial charge in [0.05, 0.1) is 0 Å². The molecule has 0 bridgehead atoms. The van der Waals surface area contributed by atoms with Crippen molar-refractivity contribution in [2.45, 2.75) is 20.8 Å². The Labute approximate surface area is 129 Å². The number of para-hydroxylation sites is 2. The predicted octanol–water partition coefficient (Wildman–Crippen LogP) is 3.15. The van der Waals surface area contributed by atoms with Gasteiger partial charge in [-0.2, -0.15) is 4.68 Å². The number of hydrogen-bond donors (Lipinski definition) is 2. The second-order valence-electron chi connectivity index (χ2n) is 5.50. The highest BCUT2D eigenvalue weighted by molar-refractivity contribution is 5.76. The largest absolute Gasteiger partial charge is 0.506 e. The Bertz CT molecular complexity index is 829. The molecule has 3 rings (SSSR count). The van der Waals surface area contributed by atoms with E-state index in [9.17, 15) is 5.11 Å². The lowest BCUT2D eigenvalue weighted by atomic mass is 9.97. The van der Waals surface area contributed by atoms with E-state index in [-0.39, 0.29) is 5.75 Å². The number of rotatable bonds is 2. The quantitative estimate of drug-likeness (QED) is 0.761. The first kappa shape index (κ1) is 14.1. The lowest BCUT2D eigenvalue weighted by Crippen LogP contribution is -2.03. The number of hydrogen-bond acceptors (Lipinski definition) is 4. The van der Waals surface area contributed by atoms with Crippen LogP contribution in [0, 0.1) is 20.8 Å². The second kappa shape index (κ2) is 5.18. The number of nitrogens with zero attached hydrogens (tertiary/aromatic N) is 3. The molecular formula is C17H18N4O. The first-order valence-corrected chi connectivity index (χ1v) is 7.07. The van der Waals surface area contributed by atoms with Crippen LogP contribution in [0.25, 0.3) is 16.9 Å². The Morgan fingerprint density at radius 1 is 1.05 bits per heavy atom. The number of nitrogen functional groups attached to an aromatic ring is 1. The lowest BCUT2D eigenvalue weighted by molar-refractivity contribution is 0.470. The fourth-order valence-electron chi connectivity index (χ4n) is 2.84. The molecule has 0 atom stereocenters. The zero-order valence-electron chi connectivity index (χ0n) is 12.8. The van der Waals surface area contributed by atoms with E-state index in [0.29, 0.717) is 17.2 Å². The van der Waals surface area contributed by atoms with Gasteiger partial charge in [0.1, 0.15) is 17.1 Å². The van der Waals surface area contributed by atoms with Crippen LogP contribution in [0.4, 0.5) is 5.82 Å². The molecule has 0 aliphatic rings. The molecule has 3 aromatic rings. The maximum atomic E-state index is 9.97. The molecule has 0 spiro atoms. The van der Waals surface area contributed by atoms with Crippen LogP contribution in [-0.4, -0.2) is 20.1 Å². The molecule has 5 heteroatoms. The number of phenolic OH excluding ortho intramolecular Hbond substituents is 1. The first-order valence-electron chi connectivity index (χ1n) is 7.07. The highest BCUT2D eigenvalue weighted by Crippen LogP contribution is 2.33. The van der Waals surface area contributed by atoms with E-state index >= 15 is 0 Å². The Morgan fingerprint density at radius 3 is 2.32 bits per heavy atom. The summed E-state index contributed by atoms with van der Waals surface area (Å²) in [4.78, 5) is 0. The van der Waals surface area contributed by atoms with Gasteiger partial charge in [-0.25, -0.2) is 0 Å². The van der Waals surface area contributed by atoms with Crippen molar-refractivity contribution in [2.75, 3.05) is 5.73 Å². The third-order valence-electron chi connectivity index (χ3n) is 3.73. The molecule has 112 valence electrons. The van der Waals surface area contributed by atoms with Crippen molar-refractivity contribution < 1.29 is 5.11 Å². The molecule has 0 amide bonds. The molecule has 22 heavy (non-hydrogen) atoms. The molecule has 1 aromatic heterocycles. The summed E-state index contributed by atoms with van der Waals surface area (Å²) in [6, 6.07) is 11.1. The van der Waals surface area contributed by atoms with E-state index in [1.165, 1.54) is 10.2 Å².